The van der Waals surface area contributed by atoms with Gasteiger partial charge in [-0.15, -0.1) is 0 Å². The highest BCUT2D eigenvalue weighted by Gasteiger charge is 2.19. The second kappa shape index (κ2) is 6.48. The van der Waals surface area contributed by atoms with Crippen molar-refractivity contribution in [2.24, 2.45) is 0 Å². The summed E-state index contributed by atoms with van der Waals surface area (Å²) in [6, 6.07) is 12.1. The molecule has 4 aromatic rings. The summed E-state index contributed by atoms with van der Waals surface area (Å²) in [6.07, 6.45) is 3.63. The molecule has 0 atom stereocenters. The lowest BCUT2D eigenvalue weighted by Gasteiger charge is -2.27. The fourth-order valence-electron chi connectivity index (χ4n) is 3.26. The first kappa shape index (κ1) is 16.0. The summed E-state index contributed by atoms with van der Waals surface area (Å²) in [5.41, 5.74) is 3.92. The van der Waals surface area contributed by atoms with E-state index in [1.54, 1.807) is 15.4 Å². The number of aromatic nitrogens is 6. The normalized spacial score (nSPS) is 14.8. The average molecular weight is 361 g/mol. The molecule has 0 unspecified atom stereocenters. The van der Waals surface area contributed by atoms with Crippen LogP contribution >= 0.6 is 0 Å². The molecule has 5 rings (SSSR count). The molecule has 4 heterocycles. The van der Waals surface area contributed by atoms with Gasteiger partial charge in [-0.2, -0.15) is 24.7 Å². The van der Waals surface area contributed by atoms with Crippen LogP contribution in [0.15, 0.2) is 48.8 Å². The first-order chi connectivity index (χ1) is 13.3. The lowest BCUT2D eigenvalue weighted by Crippen LogP contribution is -2.38. The fourth-order valence-corrected chi connectivity index (χ4v) is 3.26. The Kier molecular flexibility index (Phi) is 3.83. The lowest BCUT2D eigenvalue weighted by atomic mass is 10.1. The first-order valence-corrected chi connectivity index (χ1v) is 8.95. The molecule has 1 aliphatic rings. The highest BCUT2D eigenvalue weighted by atomic mass is 16.5. The van der Waals surface area contributed by atoms with Crippen LogP contribution < -0.4 is 4.90 Å². The molecule has 0 N–H and O–H groups in total. The van der Waals surface area contributed by atoms with Crippen molar-refractivity contribution in [3.63, 3.8) is 0 Å². The topological polar surface area (TPSA) is 73.4 Å². The van der Waals surface area contributed by atoms with Crippen molar-refractivity contribution in [2.45, 2.75) is 6.92 Å². The average Bonchev–Trinajstić information content (AvgIpc) is 3.37. The van der Waals surface area contributed by atoms with E-state index in [0.717, 1.165) is 35.9 Å². The third-order valence-corrected chi connectivity index (χ3v) is 4.63. The van der Waals surface area contributed by atoms with E-state index in [0.29, 0.717) is 19.2 Å². The Morgan fingerprint density at radius 1 is 1.04 bits per heavy atom. The van der Waals surface area contributed by atoms with E-state index in [-0.39, 0.29) is 0 Å². The van der Waals surface area contributed by atoms with E-state index < -0.39 is 0 Å². The van der Waals surface area contributed by atoms with Crippen LogP contribution in [0.2, 0.25) is 0 Å². The van der Waals surface area contributed by atoms with E-state index in [1.165, 1.54) is 5.56 Å². The maximum absolute atomic E-state index is 5.46. The van der Waals surface area contributed by atoms with Gasteiger partial charge in [-0.25, -0.2) is 4.68 Å². The lowest BCUT2D eigenvalue weighted by molar-refractivity contribution is 0.121. The molecule has 3 aromatic heterocycles. The van der Waals surface area contributed by atoms with Gasteiger partial charge in [-0.05, 0) is 19.1 Å². The van der Waals surface area contributed by atoms with E-state index in [4.69, 9.17) is 9.72 Å². The Morgan fingerprint density at radius 2 is 1.93 bits per heavy atom. The van der Waals surface area contributed by atoms with Crippen molar-refractivity contribution in [2.75, 3.05) is 31.2 Å². The van der Waals surface area contributed by atoms with Gasteiger partial charge in [0.05, 0.1) is 25.1 Å². The van der Waals surface area contributed by atoms with E-state index >= 15 is 0 Å². The van der Waals surface area contributed by atoms with Crippen molar-refractivity contribution in [1.29, 1.82) is 0 Å². The second-order valence-corrected chi connectivity index (χ2v) is 6.54. The van der Waals surface area contributed by atoms with Crippen molar-refractivity contribution in [3.05, 3.63) is 54.4 Å². The van der Waals surface area contributed by atoms with E-state index in [1.807, 2.05) is 24.4 Å². The molecule has 1 aliphatic heterocycles. The number of hydrogen-bond acceptors (Lipinski definition) is 6. The number of rotatable bonds is 3. The fraction of sp³-hybridized carbons (Fsp3) is 0.263. The van der Waals surface area contributed by atoms with Crippen molar-refractivity contribution < 1.29 is 4.74 Å². The largest absolute Gasteiger partial charge is 0.378 e. The number of hydrogen-bond donors (Lipinski definition) is 0. The number of benzene rings is 1. The van der Waals surface area contributed by atoms with Crippen LogP contribution in [-0.2, 0) is 4.74 Å². The van der Waals surface area contributed by atoms with Gasteiger partial charge < -0.3 is 9.64 Å². The molecule has 0 amide bonds. The first-order valence-electron chi connectivity index (χ1n) is 8.95. The molecule has 8 heteroatoms. The van der Waals surface area contributed by atoms with Crippen LogP contribution in [0.25, 0.3) is 22.9 Å². The van der Waals surface area contributed by atoms with Gasteiger partial charge in [-0.1, -0.05) is 23.8 Å². The van der Waals surface area contributed by atoms with Gasteiger partial charge in [0.2, 0.25) is 5.95 Å². The van der Waals surface area contributed by atoms with E-state index in [9.17, 15) is 0 Å². The number of morpholine rings is 1. The molecule has 8 nitrogen and oxygen atoms in total. The van der Waals surface area contributed by atoms with Crippen LogP contribution in [0.5, 0.6) is 0 Å². The molecule has 0 aliphatic carbocycles. The van der Waals surface area contributed by atoms with Gasteiger partial charge >= 0.3 is 0 Å². The standard InChI is InChI=1S/C19H19N7O/c1-14-3-2-4-15(13-14)16-6-8-25(23-16)18-21-17-5-7-20-26(17)19(22-18)24-9-11-27-12-10-24/h2-8,13H,9-12H2,1H3. The zero-order chi connectivity index (χ0) is 18.2. The zero-order valence-corrected chi connectivity index (χ0v) is 15.0. The Morgan fingerprint density at radius 3 is 2.78 bits per heavy atom. The molecular formula is C19H19N7O. The van der Waals surface area contributed by atoms with Crippen molar-refractivity contribution >= 4 is 11.6 Å². The minimum Gasteiger partial charge on any atom is -0.378 e. The number of aryl methyl sites for hydroxylation is 1. The molecule has 1 aromatic carbocycles. The SMILES string of the molecule is Cc1cccc(-c2ccn(-c3nc(N4CCOCC4)n4nccc4n3)n2)c1. The molecule has 0 radical (unpaired) electrons. The Labute approximate surface area is 156 Å². The minimum absolute atomic E-state index is 0.531. The molecule has 1 saturated heterocycles. The van der Waals surface area contributed by atoms with Gasteiger partial charge in [0, 0.05) is 30.9 Å². The van der Waals surface area contributed by atoms with Gasteiger partial charge in [0.25, 0.3) is 5.95 Å². The Bertz CT molecular complexity index is 1090. The van der Waals surface area contributed by atoms with Crippen LogP contribution in [0.3, 0.4) is 0 Å². The molecular weight excluding hydrogens is 342 g/mol. The predicted octanol–water partition coefficient (Wildman–Crippen LogP) is 2.12. The molecule has 1 fully saturated rings. The highest BCUT2D eigenvalue weighted by molar-refractivity contribution is 5.59. The number of ether oxygens (including phenoxy) is 1. The smallest absolute Gasteiger partial charge is 0.255 e. The molecule has 27 heavy (non-hydrogen) atoms. The maximum atomic E-state index is 5.46. The summed E-state index contributed by atoms with van der Waals surface area (Å²) < 4.78 is 8.94. The second-order valence-electron chi connectivity index (χ2n) is 6.54. The maximum Gasteiger partial charge on any atom is 0.255 e. The predicted molar refractivity (Wildman–Crippen MR) is 101 cm³/mol. The van der Waals surface area contributed by atoms with Crippen LogP contribution in [0, 0.1) is 6.92 Å². The van der Waals surface area contributed by atoms with Gasteiger partial charge in [0.1, 0.15) is 0 Å². The monoisotopic (exact) mass is 361 g/mol. The van der Waals surface area contributed by atoms with Gasteiger partial charge in [-0.3, -0.25) is 0 Å². The zero-order valence-electron chi connectivity index (χ0n) is 15.0. The van der Waals surface area contributed by atoms with Crippen molar-refractivity contribution in [1.82, 2.24) is 29.4 Å². The van der Waals surface area contributed by atoms with E-state index in [2.05, 4.69) is 45.2 Å². The Hall–Kier alpha value is -3.26. The quantitative estimate of drug-likeness (QED) is 0.557. The number of fused-ring (bicyclic) bond motifs is 1. The molecule has 0 saturated carbocycles. The summed E-state index contributed by atoms with van der Waals surface area (Å²) >= 11 is 0. The molecule has 136 valence electrons. The van der Waals surface area contributed by atoms with Crippen LogP contribution in [0.4, 0.5) is 5.95 Å². The van der Waals surface area contributed by atoms with Crippen LogP contribution in [0.1, 0.15) is 5.56 Å². The minimum atomic E-state index is 0.531. The third-order valence-electron chi connectivity index (χ3n) is 4.63. The van der Waals surface area contributed by atoms with Crippen LogP contribution in [-0.4, -0.2) is 55.7 Å². The highest BCUT2D eigenvalue weighted by Crippen LogP contribution is 2.20. The summed E-state index contributed by atoms with van der Waals surface area (Å²) in [7, 11) is 0. The third kappa shape index (κ3) is 2.93. The summed E-state index contributed by atoms with van der Waals surface area (Å²) in [5, 5.41) is 9.06. The molecule has 0 bridgehead atoms. The Balaban J connectivity index is 1.57. The summed E-state index contributed by atoms with van der Waals surface area (Å²) in [5.74, 6) is 1.29. The van der Waals surface area contributed by atoms with Crippen molar-refractivity contribution in [3.8, 4) is 17.2 Å². The van der Waals surface area contributed by atoms with Gasteiger partial charge in [0.15, 0.2) is 5.65 Å². The summed E-state index contributed by atoms with van der Waals surface area (Å²) in [6.45, 7) is 4.99. The number of nitrogens with zero attached hydrogens (tertiary/aromatic N) is 7. The molecule has 0 spiro atoms. The summed E-state index contributed by atoms with van der Waals surface area (Å²) in [4.78, 5) is 11.5. The number of anilines is 1.